The highest BCUT2D eigenvalue weighted by Crippen LogP contribution is 2.22. The highest BCUT2D eigenvalue weighted by atomic mass is 16.5. The number of amides is 1. The van der Waals surface area contributed by atoms with Crippen LogP contribution in [-0.4, -0.2) is 12.0 Å². The first-order valence-electron chi connectivity index (χ1n) is 8.55. The van der Waals surface area contributed by atoms with Crippen LogP contribution in [0.3, 0.4) is 0 Å². The molecule has 128 valence electrons. The van der Waals surface area contributed by atoms with E-state index >= 15 is 0 Å². The van der Waals surface area contributed by atoms with Crippen LogP contribution in [0.5, 0.6) is 5.75 Å². The zero-order valence-electron chi connectivity index (χ0n) is 15.0. The van der Waals surface area contributed by atoms with E-state index in [1.165, 1.54) is 0 Å². The molecule has 2 aromatic rings. The molecule has 0 heterocycles. The summed E-state index contributed by atoms with van der Waals surface area (Å²) in [4.78, 5) is 12.6. The van der Waals surface area contributed by atoms with Gasteiger partial charge in [-0.3, -0.25) is 4.79 Å². The molecular weight excluding hydrogens is 298 g/mol. The molecule has 0 bridgehead atoms. The van der Waals surface area contributed by atoms with Gasteiger partial charge >= 0.3 is 0 Å². The van der Waals surface area contributed by atoms with Crippen LogP contribution in [0.1, 0.15) is 44.4 Å². The van der Waals surface area contributed by atoms with Crippen molar-refractivity contribution in [1.82, 2.24) is 5.32 Å². The van der Waals surface area contributed by atoms with Crippen LogP contribution in [0, 0.1) is 12.8 Å². The summed E-state index contributed by atoms with van der Waals surface area (Å²) >= 11 is 0. The maximum atomic E-state index is 12.6. The fraction of sp³-hybridized carbons (Fsp3) is 0.381. The fourth-order valence-electron chi connectivity index (χ4n) is 2.66. The number of aryl methyl sites for hydroxylation is 1. The van der Waals surface area contributed by atoms with Crippen LogP contribution in [0.15, 0.2) is 54.6 Å². The minimum Gasteiger partial charge on any atom is -0.481 e. The summed E-state index contributed by atoms with van der Waals surface area (Å²) in [6, 6.07) is 17.8. The Labute approximate surface area is 145 Å². The lowest BCUT2D eigenvalue weighted by molar-refractivity contribution is -0.128. The van der Waals surface area contributed by atoms with Gasteiger partial charge in [0.1, 0.15) is 5.75 Å². The minimum absolute atomic E-state index is 0.00150. The van der Waals surface area contributed by atoms with Crippen LogP contribution in [0.4, 0.5) is 0 Å². The lowest BCUT2D eigenvalue weighted by atomic mass is 9.97. The third-order valence-corrected chi connectivity index (χ3v) is 3.99. The summed E-state index contributed by atoms with van der Waals surface area (Å²) in [6.07, 6.45) is 0.358. The van der Waals surface area contributed by atoms with Gasteiger partial charge in [0.05, 0.1) is 6.04 Å². The van der Waals surface area contributed by atoms with Crippen LogP contribution in [0.2, 0.25) is 0 Å². The molecule has 24 heavy (non-hydrogen) atoms. The van der Waals surface area contributed by atoms with Gasteiger partial charge in [0.15, 0.2) is 6.10 Å². The van der Waals surface area contributed by atoms with E-state index in [1.807, 2.05) is 49.4 Å². The van der Waals surface area contributed by atoms with Crippen molar-refractivity contribution >= 4 is 5.91 Å². The van der Waals surface area contributed by atoms with Gasteiger partial charge in [-0.1, -0.05) is 62.4 Å². The number of hydrogen-bond donors (Lipinski definition) is 1. The van der Waals surface area contributed by atoms with E-state index in [0.29, 0.717) is 5.92 Å². The van der Waals surface area contributed by atoms with Crippen molar-refractivity contribution in [3.63, 3.8) is 0 Å². The molecule has 0 aromatic heterocycles. The quantitative estimate of drug-likeness (QED) is 0.803. The molecule has 0 aliphatic heterocycles. The Balaban J connectivity index is 2.05. The summed E-state index contributed by atoms with van der Waals surface area (Å²) in [5, 5.41) is 3.14. The topological polar surface area (TPSA) is 38.3 Å². The highest BCUT2D eigenvalue weighted by Gasteiger charge is 2.21. The molecule has 1 N–H and O–H groups in total. The third kappa shape index (κ3) is 5.12. The van der Waals surface area contributed by atoms with Gasteiger partial charge in [-0.2, -0.15) is 0 Å². The molecule has 0 aliphatic carbocycles. The van der Waals surface area contributed by atoms with Crippen LogP contribution in [-0.2, 0) is 4.79 Å². The maximum absolute atomic E-state index is 12.6. The van der Waals surface area contributed by atoms with Crippen LogP contribution < -0.4 is 10.1 Å². The van der Waals surface area contributed by atoms with E-state index in [4.69, 9.17) is 4.74 Å². The summed E-state index contributed by atoms with van der Waals surface area (Å²) in [7, 11) is 0. The van der Waals surface area contributed by atoms with Crippen molar-refractivity contribution in [3.8, 4) is 5.75 Å². The Kier molecular flexibility index (Phi) is 6.42. The largest absolute Gasteiger partial charge is 0.481 e. The van der Waals surface area contributed by atoms with E-state index in [-0.39, 0.29) is 11.9 Å². The summed E-state index contributed by atoms with van der Waals surface area (Å²) in [5.41, 5.74) is 2.15. The molecule has 3 heteroatoms. The Morgan fingerprint density at radius 2 is 1.62 bits per heavy atom. The highest BCUT2D eigenvalue weighted by molar-refractivity contribution is 5.81. The van der Waals surface area contributed by atoms with Crippen LogP contribution >= 0.6 is 0 Å². The average molecular weight is 325 g/mol. The van der Waals surface area contributed by atoms with Gasteiger partial charge in [-0.05, 0) is 43.4 Å². The first-order valence-corrected chi connectivity index (χ1v) is 8.55. The SMILES string of the molecule is Cc1ccccc1OC(C)C(=O)NC(CC(C)C)c1ccccc1. The van der Waals surface area contributed by atoms with Crippen molar-refractivity contribution in [2.45, 2.75) is 46.3 Å². The Morgan fingerprint density at radius 1 is 1.00 bits per heavy atom. The van der Waals surface area contributed by atoms with E-state index in [0.717, 1.165) is 23.3 Å². The average Bonchev–Trinajstić information content (AvgIpc) is 2.56. The van der Waals surface area contributed by atoms with Crippen molar-refractivity contribution in [2.24, 2.45) is 5.92 Å². The first kappa shape index (κ1) is 18.1. The summed E-state index contributed by atoms with van der Waals surface area (Å²) in [6.45, 7) is 8.09. The van der Waals surface area contributed by atoms with Gasteiger partial charge in [-0.25, -0.2) is 0 Å². The lowest BCUT2D eigenvalue weighted by Gasteiger charge is -2.24. The van der Waals surface area contributed by atoms with E-state index < -0.39 is 6.10 Å². The standard InChI is InChI=1S/C21H27NO2/c1-15(2)14-19(18-11-6-5-7-12-18)22-21(23)17(4)24-20-13-9-8-10-16(20)3/h5-13,15,17,19H,14H2,1-4H3,(H,22,23). The molecule has 0 saturated heterocycles. The molecule has 0 aliphatic rings. The van der Waals surface area contributed by atoms with Crippen molar-refractivity contribution in [2.75, 3.05) is 0 Å². The Hall–Kier alpha value is -2.29. The van der Waals surface area contributed by atoms with Gasteiger partial charge < -0.3 is 10.1 Å². The summed E-state index contributed by atoms with van der Waals surface area (Å²) in [5.74, 6) is 1.15. The lowest BCUT2D eigenvalue weighted by Crippen LogP contribution is -2.39. The smallest absolute Gasteiger partial charge is 0.261 e. The van der Waals surface area contributed by atoms with E-state index in [1.54, 1.807) is 6.92 Å². The number of benzene rings is 2. The first-order chi connectivity index (χ1) is 11.5. The van der Waals surface area contributed by atoms with Crippen molar-refractivity contribution < 1.29 is 9.53 Å². The zero-order valence-corrected chi connectivity index (χ0v) is 15.0. The molecule has 3 nitrogen and oxygen atoms in total. The molecular formula is C21H27NO2. The van der Waals surface area contributed by atoms with Crippen molar-refractivity contribution in [1.29, 1.82) is 0 Å². The molecule has 1 amide bonds. The Bertz CT molecular complexity index is 652. The number of hydrogen-bond acceptors (Lipinski definition) is 2. The number of nitrogens with one attached hydrogen (secondary N) is 1. The van der Waals surface area contributed by atoms with Crippen LogP contribution in [0.25, 0.3) is 0 Å². The van der Waals surface area contributed by atoms with E-state index in [9.17, 15) is 4.79 Å². The second-order valence-corrected chi connectivity index (χ2v) is 6.63. The van der Waals surface area contributed by atoms with Gasteiger partial charge in [0.25, 0.3) is 5.91 Å². The normalized spacial score (nSPS) is 13.4. The number of ether oxygens (including phenoxy) is 1. The van der Waals surface area contributed by atoms with Gasteiger partial charge in [-0.15, -0.1) is 0 Å². The molecule has 2 aromatic carbocycles. The molecule has 2 rings (SSSR count). The van der Waals surface area contributed by atoms with Crippen molar-refractivity contribution in [3.05, 3.63) is 65.7 Å². The van der Waals surface area contributed by atoms with Gasteiger partial charge in [0.2, 0.25) is 0 Å². The molecule has 0 spiro atoms. The monoisotopic (exact) mass is 325 g/mol. The molecule has 2 atom stereocenters. The number of rotatable bonds is 7. The van der Waals surface area contributed by atoms with Gasteiger partial charge in [0, 0.05) is 0 Å². The maximum Gasteiger partial charge on any atom is 0.261 e. The predicted molar refractivity (Wildman–Crippen MR) is 98.0 cm³/mol. The number of carbonyl (C=O) groups excluding carboxylic acids is 1. The molecule has 0 fully saturated rings. The molecule has 0 radical (unpaired) electrons. The number of carbonyl (C=O) groups is 1. The Morgan fingerprint density at radius 3 is 2.25 bits per heavy atom. The summed E-state index contributed by atoms with van der Waals surface area (Å²) < 4.78 is 5.84. The second kappa shape index (κ2) is 8.53. The zero-order chi connectivity index (χ0) is 17.5. The molecule has 2 unspecified atom stereocenters. The second-order valence-electron chi connectivity index (χ2n) is 6.63. The number of para-hydroxylation sites is 1. The van der Waals surface area contributed by atoms with E-state index in [2.05, 4.69) is 31.3 Å². The molecule has 0 saturated carbocycles. The fourth-order valence-corrected chi connectivity index (χ4v) is 2.66. The third-order valence-electron chi connectivity index (χ3n) is 3.99. The minimum atomic E-state index is -0.538. The predicted octanol–water partition coefficient (Wildman–Crippen LogP) is 4.67.